The standard InChI is InChI=1S/C10H10BrClN4O2S/c1-16-5-8(10(13)14-16)19(17,18)15-7-4-2-3-6(12)9(7)11/h2-5,15H,1H3,(H2,13,14). The van der Waals surface area contributed by atoms with Gasteiger partial charge in [0.05, 0.1) is 15.2 Å². The molecule has 0 radical (unpaired) electrons. The molecule has 0 unspecified atom stereocenters. The van der Waals surface area contributed by atoms with E-state index >= 15 is 0 Å². The predicted molar refractivity (Wildman–Crippen MR) is 77.6 cm³/mol. The summed E-state index contributed by atoms with van der Waals surface area (Å²) in [4.78, 5) is -0.0816. The number of hydrogen-bond donors (Lipinski definition) is 2. The molecule has 1 aromatic carbocycles. The number of sulfonamides is 1. The van der Waals surface area contributed by atoms with Crippen molar-refractivity contribution in [2.24, 2.45) is 7.05 Å². The van der Waals surface area contributed by atoms with Gasteiger partial charge in [-0.05, 0) is 28.1 Å². The SMILES string of the molecule is Cn1cc(S(=O)(=O)Nc2cccc(Cl)c2Br)c(N)n1. The first kappa shape index (κ1) is 14.2. The second-order valence-corrected chi connectivity index (χ2v) is 6.61. The van der Waals surface area contributed by atoms with Crippen LogP contribution in [0, 0.1) is 0 Å². The van der Waals surface area contributed by atoms with E-state index in [2.05, 4.69) is 25.8 Å². The van der Waals surface area contributed by atoms with E-state index in [1.54, 1.807) is 25.2 Å². The van der Waals surface area contributed by atoms with E-state index in [0.29, 0.717) is 15.2 Å². The zero-order valence-corrected chi connectivity index (χ0v) is 12.9. The Kier molecular flexibility index (Phi) is 3.75. The number of nitrogens with one attached hydrogen (secondary N) is 1. The van der Waals surface area contributed by atoms with E-state index in [1.165, 1.54) is 10.9 Å². The fourth-order valence-electron chi connectivity index (χ4n) is 1.47. The second-order valence-electron chi connectivity index (χ2n) is 3.76. The van der Waals surface area contributed by atoms with Crippen molar-refractivity contribution in [1.82, 2.24) is 9.78 Å². The summed E-state index contributed by atoms with van der Waals surface area (Å²) in [5, 5.41) is 4.20. The first-order chi connectivity index (χ1) is 8.81. The van der Waals surface area contributed by atoms with Crippen LogP contribution >= 0.6 is 27.5 Å². The number of aryl methyl sites for hydroxylation is 1. The highest BCUT2D eigenvalue weighted by Gasteiger charge is 2.21. The lowest BCUT2D eigenvalue weighted by molar-refractivity contribution is 0.601. The molecule has 0 aliphatic rings. The molecule has 0 aliphatic carbocycles. The second kappa shape index (κ2) is 5.03. The van der Waals surface area contributed by atoms with Crippen molar-refractivity contribution in [3.8, 4) is 0 Å². The monoisotopic (exact) mass is 364 g/mol. The van der Waals surface area contributed by atoms with Crippen molar-refractivity contribution in [3.05, 3.63) is 33.9 Å². The van der Waals surface area contributed by atoms with Gasteiger partial charge in [0, 0.05) is 13.2 Å². The molecule has 0 atom stereocenters. The zero-order valence-electron chi connectivity index (χ0n) is 9.76. The summed E-state index contributed by atoms with van der Waals surface area (Å²) in [7, 11) is -2.22. The predicted octanol–water partition coefficient (Wildman–Crippen LogP) is 2.22. The van der Waals surface area contributed by atoms with Gasteiger partial charge in [0.25, 0.3) is 10.0 Å². The Bertz CT molecular complexity index is 729. The first-order valence-electron chi connectivity index (χ1n) is 5.07. The average Bonchev–Trinajstić information content (AvgIpc) is 2.65. The van der Waals surface area contributed by atoms with Crippen LogP contribution < -0.4 is 10.5 Å². The lowest BCUT2D eigenvalue weighted by Crippen LogP contribution is -2.14. The van der Waals surface area contributed by atoms with Crippen LogP contribution in [0.2, 0.25) is 5.02 Å². The van der Waals surface area contributed by atoms with Crippen molar-refractivity contribution in [2.45, 2.75) is 4.90 Å². The Morgan fingerprint density at radius 1 is 1.47 bits per heavy atom. The maximum Gasteiger partial charge on any atom is 0.267 e. The van der Waals surface area contributed by atoms with Crippen molar-refractivity contribution in [3.63, 3.8) is 0 Å². The van der Waals surface area contributed by atoms with Gasteiger partial charge in [0.1, 0.15) is 4.90 Å². The Morgan fingerprint density at radius 3 is 2.74 bits per heavy atom. The Morgan fingerprint density at radius 2 is 2.16 bits per heavy atom. The molecule has 0 saturated carbocycles. The van der Waals surface area contributed by atoms with Gasteiger partial charge < -0.3 is 5.73 Å². The summed E-state index contributed by atoms with van der Waals surface area (Å²) in [6.07, 6.45) is 1.33. The third-order valence-corrected chi connectivity index (χ3v) is 5.09. The van der Waals surface area contributed by atoms with Crippen LogP contribution in [0.1, 0.15) is 0 Å². The van der Waals surface area contributed by atoms with Gasteiger partial charge in [-0.1, -0.05) is 17.7 Å². The Labute approximate surface area is 123 Å². The number of anilines is 2. The minimum atomic E-state index is -3.81. The van der Waals surface area contributed by atoms with Crippen molar-refractivity contribution < 1.29 is 8.42 Å². The molecule has 3 N–H and O–H groups in total. The van der Waals surface area contributed by atoms with Crippen LogP contribution in [-0.2, 0) is 17.1 Å². The fourth-order valence-corrected chi connectivity index (χ4v) is 3.32. The Hall–Kier alpha value is -1.25. The molecule has 9 heteroatoms. The maximum absolute atomic E-state index is 12.2. The van der Waals surface area contributed by atoms with Gasteiger partial charge in [0.15, 0.2) is 5.82 Å². The zero-order chi connectivity index (χ0) is 14.2. The molecule has 6 nitrogen and oxygen atoms in total. The molecule has 19 heavy (non-hydrogen) atoms. The lowest BCUT2D eigenvalue weighted by Gasteiger charge is -2.09. The molecule has 2 rings (SSSR count). The summed E-state index contributed by atoms with van der Waals surface area (Å²) in [5.74, 6) is -0.0619. The number of nitrogens with zero attached hydrogens (tertiary/aromatic N) is 2. The normalized spacial score (nSPS) is 11.5. The number of hydrogen-bond acceptors (Lipinski definition) is 4. The number of aromatic nitrogens is 2. The molecule has 0 amide bonds. The van der Waals surface area contributed by atoms with E-state index in [4.69, 9.17) is 17.3 Å². The molecule has 0 bridgehead atoms. The third kappa shape index (κ3) is 2.85. The van der Waals surface area contributed by atoms with Crippen LogP contribution in [0.15, 0.2) is 33.8 Å². The number of rotatable bonds is 3. The highest BCUT2D eigenvalue weighted by atomic mass is 79.9. The summed E-state index contributed by atoms with van der Waals surface area (Å²) in [5.41, 5.74) is 5.89. The molecule has 102 valence electrons. The number of halogens is 2. The summed E-state index contributed by atoms with van der Waals surface area (Å²) >= 11 is 9.12. The first-order valence-corrected chi connectivity index (χ1v) is 7.72. The molecule has 0 spiro atoms. The minimum absolute atomic E-state index is 0.0619. The topological polar surface area (TPSA) is 90.0 Å². The molecule has 0 saturated heterocycles. The van der Waals surface area contributed by atoms with Crippen LogP contribution in [0.5, 0.6) is 0 Å². The van der Waals surface area contributed by atoms with Gasteiger partial charge >= 0.3 is 0 Å². The molecule has 0 aliphatic heterocycles. The van der Waals surface area contributed by atoms with E-state index in [9.17, 15) is 8.42 Å². The van der Waals surface area contributed by atoms with E-state index in [1.807, 2.05) is 0 Å². The molecule has 2 aromatic rings. The summed E-state index contributed by atoms with van der Waals surface area (Å²) in [6, 6.07) is 4.86. The fraction of sp³-hybridized carbons (Fsp3) is 0.100. The molecular weight excluding hydrogens is 356 g/mol. The summed E-state index contributed by atoms with van der Waals surface area (Å²) < 4.78 is 28.6. The van der Waals surface area contributed by atoms with Gasteiger partial charge in [-0.3, -0.25) is 9.40 Å². The molecule has 0 fully saturated rings. The minimum Gasteiger partial charge on any atom is -0.381 e. The smallest absolute Gasteiger partial charge is 0.267 e. The van der Waals surface area contributed by atoms with Crippen molar-refractivity contribution in [1.29, 1.82) is 0 Å². The van der Waals surface area contributed by atoms with Crippen LogP contribution in [0.4, 0.5) is 11.5 Å². The van der Waals surface area contributed by atoms with Crippen molar-refractivity contribution >= 4 is 49.1 Å². The number of benzene rings is 1. The highest BCUT2D eigenvalue weighted by molar-refractivity contribution is 9.10. The van der Waals surface area contributed by atoms with E-state index in [0.717, 1.165) is 0 Å². The average molecular weight is 366 g/mol. The van der Waals surface area contributed by atoms with Crippen LogP contribution in [0.3, 0.4) is 0 Å². The Balaban J connectivity index is 2.42. The quantitative estimate of drug-likeness (QED) is 0.872. The van der Waals surface area contributed by atoms with Gasteiger partial charge in [-0.2, -0.15) is 5.10 Å². The van der Waals surface area contributed by atoms with Crippen molar-refractivity contribution in [2.75, 3.05) is 10.5 Å². The number of nitrogen functional groups attached to an aromatic ring is 1. The van der Waals surface area contributed by atoms with Gasteiger partial charge in [-0.15, -0.1) is 0 Å². The molecular formula is C10H10BrClN4O2S. The summed E-state index contributed by atoms with van der Waals surface area (Å²) in [6.45, 7) is 0. The van der Waals surface area contributed by atoms with Gasteiger partial charge in [-0.25, -0.2) is 8.42 Å². The largest absolute Gasteiger partial charge is 0.381 e. The van der Waals surface area contributed by atoms with E-state index < -0.39 is 10.0 Å². The molecule has 1 aromatic heterocycles. The number of nitrogens with two attached hydrogens (primary N) is 1. The van der Waals surface area contributed by atoms with Gasteiger partial charge in [0.2, 0.25) is 0 Å². The van der Waals surface area contributed by atoms with Crippen LogP contribution in [-0.4, -0.2) is 18.2 Å². The lowest BCUT2D eigenvalue weighted by atomic mass is 10.3. The molecule has 1 heterocycles. The highest BCUT2D eigenvalue weighted by Crippen LogP contribution is 2.32. The van der Waals surface area contributed by atoms with E-state index in [-0.39, 0.29) is 10.7 Å². The third-order valence-electron chi connectivity index (χ3n) is 2.31. The maximum atomic E-state index is 12.2. The van der Waals surface area contributed by atoms with Crippen LogP contribution in [0.25, 0.3) is 0 Å².